The van der Waals surface area contributed by atoms with Crippen molar-refractivity contribution in [2.75, 3.05) is 18.0 Å². The van der Waals surface area contributed by atoms with Crippen molar-refractivity contribution in [1.82, 2.24) is 14.9 Å². The van der Waals surface area contributed by atoms with E-state index in [9.17, 15) is 4.79 Å². The Morgan fingerprint density at radius 2 is 1.74 bits per heavy atom. The predicted octanol–water partition coefficient (Wildman–Crippen LogP) is 4.21. The first-order valence-electron chi connectivity index (χ1n) is 9.36. The van der Waals surface area contributed by atoms with Crippen LogP contribution < -0.4 is 10.2 Å². The molecule has 1 N–H and O–H groups in total. The number of carbonyl (C=O) groups excluding carboxylic acids is 1. The van der Waals surface area contributed by atoms with E-state index >= 15 is 0 Å². The molecule has 1 amide bonds. The summed E-state index contributed by atoms with van der Waals surface area (Å²) in [5.74, 6) is -0.0627. The number of hydrogen-bond donors (Lipinski definition) is 1. The summed E-state index contributed by atoms with van der Waals surface area (Å²) in [6.45, 7) is 8.16. The van der Waals surface area contributed by atoms with Crippen LogP contribution >= 0.6 is 0 Å². The van der Waals surface area contributed by atoms with Gasteiger partial charge in [-0.1, -0.05) is 12.1 Å². The van der Waals surface area contributed by atoms with Crippen molar-refractivity contribution in [2.45, 2.75) is 26.8 Å². The number of rotatable bonds is 7. The average Bonchev–Trinajstić information content (AvgIpc) is 3.24. The number of anilines is 1. The Labute approximate surface area is 160 Å². The summed E-state index contributed by atoms with van der Waals surface area (Å²) >= 11 is 0. The van der Waals surface area contributed by atoms with E-state index in [0.717, 1.165) is 30.0 Å². The van der Waals surface area contributed by atoms with Crippen LogP contribution in [0.2, 0.25) is 0 Å². The van der Waals surface area contributed by atoms with Gasteiger partial charge in [0.25, 0.3) is 5.91 Å². The number of carbonyl (C=O) groups is 1. The second-order valence-electron chi connectivity index (χ2n) is 6.48. The normalized spacial score (nSPS) is 11.8. The minimum Gasteiger partial charge on any atom is -0.372 e. The quantitative estimate of drug-likeness (QED) is 0.685. The molecule has 1 aromatic heterocycles. The number of nitrogens with zero attached hydrogens (tertiary/aromatic N) is 3. The van der Waals surface area contributed by atoms with Gasteiger partial charge in [0.2, 0.25) is 0 Å². The minimum absolute atomic E-state index is 0.0627. The molecular weight excluding hydrogens is 336 g/mol. The van der Waals surface area contributed by atoms with Crippen LogP contribution in [0.1, 0.15) is 42.7 Å². The molecule has 5 heteroatoms. The molecule has 3 rings (SSSR count). The van der Waals surface area contributed by atoms with E-state index in [1.165, 1.54) is 0 Å². The topological polar surface area (TPSA) is 50.2 Å². The summed E-state index contributed by atoms with van der Waals surface area (Å²) in [6, 6.07) is 15.8. The molecule has 0 bridgehead atoms. The fraction of sp³-hybridized carbons (Fsp3) is 0.273. The summed E-state index contributed by atoms with van der Waals surface area (Å²) in [7, 11) is 0. The number of aromatic nitrogens is 2. The van der Waals surface area contributed by atoms with Gasteiger partial charge in [0.1, 0.15) is 0 Å². The third kappa shape index (κ3) is 4.37. The Bertz CT molecular complexity index is 850. The molecule has 0 saturated carbocycles. The number of benzene rings is 2. The highest BCUT2D eigenvalue weighted by atomic mass is 16.1. The van der Waals surface area contributed by atoms with Gasteiger partial charge in [-0.25, -0.2) is 4.98 Å². The van der Waals surface area contributed by atoms with Crippen LogP contribution in [0, 0.1) is 0 Å². The van der Waals surface area contributed by atoms with E-state index < -0.39 is 0 Å². The van der Waals surface area contributed by atoms with Crippen molar-refractivity contribution in [3.8, 4) is 5.69 Å². The second-order valence-corrected chi connectivity index (χ2v) is 6.48. The van der Waals surface area contributed by atoms with Crippen LogP contribution in [-0.2, 0) is 0 Å². The van der Waals surface area contributed by atoms with Crippen LogP contribution in [0.4, 0.5) is 5.69 Å². The van der Waals surface area contributed by atoms with Crippen molar-refractivity contribution < 1.29 is 4.79 Å². The van der Waals surface area contributed by atoms with Gasteiger partial charge in [0.05, 0.1) is 12.4 Å². The van der Waals surface area contributed by atoms with Gasteiger partial charge < -0.3 is 14.8 Å². The Morgan fingerprint density at radius 3 is 2.30 bits per heavy atom. The van der Waals surface area contributed by atoms with Crippen molar-refractivity contribution >= 4 is 11.6 Å². The van der Waals surface area contributed by atoms with E-state index in [2.05, 4.69) is 29.0 Å². The van der Waals surface area contributed by atoms with Crippen molar-refractivity contribution in [3.05, 3.63) is 78.4 Å². The molecule has 0 fully saturated rings. The number of amides is 1. The first-order valence-corrected chi connectivity index (χ1v) is 9.36. The van der Waals surface area contributed by atoms with Gasteiger partial charge in [0, 0.05) is 42.4 Å². The smallest absolute Gasteiger partial charge is 0.251 e. The third-order valence-corrected chi connectivity index (χ3v) is 4.80. The highest BCUT2D eigenvalue weighted by molar-refractivity contribution is 5.94. The molecule has 27 heavy (non-hydrogen) atoms. The van der Waals surface area contributed by atoms with Crippen molar-refractivity contribution in [2.24, 2.45) is 0 Å². The summed E-state index contributed by atoms with van der Waals surface area (Å²) in [5, 5.41) is 3.07. The lowest BCUT2D eigenvalue weighted by atomic mass is 10.1. The second kappa shape index (κ2) is 8.54. The Morgan fingerprint density at radius 1 is 1.07 bits per heavy atom. The van der Waals surface area contributed by atoms with E-state index in [-0.39, 0.29) is 11.9 Å². The lowest BCUT2D eigenvalue weighted by Crippen LogP contribution is -2.27. The monoisotopic (exact) mass is 362 g/mol. The first-order chi connectivity index (χ1) is 13.1. The molecule has 3 aromatic rings. The lowest BCUT2D eigenvalue weighted by molar-refractivity contribution is 0.0940. The van der Waals surface area contributed by atoms with E-state index in [4.69, 9.17) is 0 Å². The lowest BCUT2D eigenvalue weighted by Gasteiger charge is -2.21. The molecule has 0 aliphatic carbocycles. The number of imidazole rings is 1. The zero-order valence-corrected chi connectivity index (χ0v) is 16.1. The van der Waals surface area contributed by atoms with Crippen LogP contribution in [0.15, 0.2) is 67.3 Å². The number of hydrogen-bond acceptors (Lipinski definition) is 3. The SMILES string of the molecule is CCN(CC)c1ccc(C(=O)N[C@H](C)c2ccc(-n3ccnc3)cc2)cc1. The minimum atomic E-state index is -0.0724. The van der Waals surface area contributed by atoms with Crippen molar-refractivity contribution in [3.63, 3.8) is 0 Å². The van der Waals surface area contributed by atoms with E-state index in [1.807, 2.05) is 66.2 Å². The molecule has 140 valence electrons. The molecular formula is C22H26N4O. The molecule has 0 aliphatic heterocycles. The van der Waals surface area contributed by atoms with Crippen LogP contribution in [0.25, 0.3) is 5.69 Å². The average molecular weight is 362 g/mol. The van der Waals surface area contributed by atoms with Gasteiger partial charge in [-0.2, -0.15) is 0 Å². The molecule has 0 aliphatic rings. The standard InChI is InChI=1S/C22H26N4O/c1-4-25(5-2)20-12-8-19(9-13-20)22(27)24-17(3)18-6-10-21(11-7-18)26-15-14-23-16-26/h6-17H,4-5H2,1-3H3,(H,24,27)/t17-/m1/s1. The Kier molecular flexibility index (Phi) is 5.91. The molecule has 0 unspecified atom stereocenters. The third-order valence-electron chi connectivity index (χ3n) is 4.80. The Balaban J connectivity index is 1.65. The zero-order valence-electron chi connectivity index (χ0n) is 16.1. The summed E-state index contributed by atoms with van der Waals surface area (Å²) < 4.78 is 1.95. The van der Waals surface area contributed by atoms with Crippen molar-refractivity contribution in [1.29, 1.82) is 0 Å². The first kappa shape index (κ1) is 18.7. The summed E-state index contributed by atoms with van der Waals surface area (Å²) in [5.41, 5.74) is 3.92. The van der Waals surface area contributed by atoms with Crippen LogP contribution in [0.3, 0.4) is 0 Å². The van der Waals surface area contributed by atoms with Gasteiger partial charge in [0.15, 0.2) is 0 Å². The van der Waals surface area contributed by atoms with Gasteiger partial charge in [-0.15, -0.1) is 0 Å². The molecule has 1 atom stereocenters. The largest absolute Gasteiger partial charge is 0.372 e. The molecule has 0 radical (unpaired) electrons. The zero-order chi connectivity index (χ0) is 19.2. The van der Waals surface area contributed by atoms with Crippen LogP contribution in [-0.4, -0.2) is 28.5 Å². The maximum atomic E-state index is 12.6. The summed E-state index contributed by atoms with van der Waals surface area (Å²) in [4.78, 5) is 18.9. The molecule has 0 spiro atoms. The fourth-order valence-corrected chi connectivity index (χ4v) is 3.12. The molecule has 2 aromatic carbocycles. The Hall–Kier alpha value is -3.08. The molecule has 1 heterocycles. The highest BCUT2D eigenvalue weighted by Crippen LogP contribution is 2.18. The van der Waals surface area contributed by atoms with Gasteiger partial charge in [-0.05, 0) is 62.7 Å². The molecule has 0 saturated heterocycles. The van der Waals surface area contributed by atoms with Gasteiger partial charge >= 0.3 is 0 Å². The van der Waals surface area contributed by atoms with E-state index in [0.29, 0.717) is 5.56 Å². The van der Waals surface area contributed by atoms with Crippen LogP contribution in [0.5, 0.6) is 0 Å². The van der Waals surface area contributed by atoms with E-state index in [1.54, 1.807) is 12.5 Å². The fourth-order valence-electron chi connectivity index (χ4n) is 3.12. The predicted molar refractivity (Wildman–Crippen MR) is 109 cm³/mol. The number of nitrogens with one attached hydrogen (secondary N) is 1. The maximum absolute atomic E-state index is 12.6. The highest BCUT2D eigenvalue weighted by Gasteiger charge is 2.12. The summed E-state index contributed by atoms with van der Waals surface area (Å²) in [6.07, 6.45) is 5.42. The molecule has 5 nitrogen and oxygen atoms in total. The maximum Gasteiger partial charge on any atom is 0.251 e. The van der Waals surface area contributed by atoms with Gasteiger partial charge in [-0.3, -0.25) is 4.79 Å².